The number of ketones is 1. The fourth-order valence-corrected chi connectivity index (χ4v) is 1.33. The Kier molecular flexibility index (Phi) is 3.28. The van der Waals surface area contributed by atoms with Crippen LogP contribution in [0.5, 0.6) is 0 Å². The van der Waals surface area contributed by atoms with Crippen molar-refractivity contribution in [3.8, 4) is 6.07 Å². The van der Waals surface area contributed by atoms with Crippen molar-refractivity contribution in [2.45, 2.75) is 39.0 Å². The number of carbonyl (C=O) groups excluding carboxylic acids is 1. The molecule has 0 aromatic heterocycles. The number of hydrogen-bond donors (Lipinski definition) is 0. The number of hydrogen-bond acceptors (Lipinski definition) is 2. The number of nitrogens with zero attached hydrogens (tertiary/aromatic N) is 1. The molecule has 1 unspecified atom stereocenters. The van der Waals surface area contributed by atoms with E-state index in [0.29, 0.717) is 12.3 Å². The summed E-state index contributed by atoms with van der Waals surface area (Å²) in [4.78, 5) is 11.4. The molecule has 2 nitrogen and oxygen atoms in total. The van der Waals surface area contributed by atoms with Crippen molar-refractivity contribution >= 4 is 5.78 Å². The quantitative estimate of drug-likeness (QED) is 0.627. The topological polar surface area (TPSA) is 40.9 Å². The van der Waals surface area contributed by atoms with Crippen molar-refractivity contribution in [1.82, 2.24) is 0 Å². The maximum absolute atomic E-state index is 11.4. The van der Waals surface area contributed by atoms with E-state index < -0.39 is 0 Å². The highest BCUT2D eigenvalue weighted by Crippen LogP contribution is 2.33. The first-order chi connectivity index (χ1) is 5.77. The molecule has 1 aliphatic carbocycles. The van der Waals surface area contributed by atoms with Crippen LogP contribution in [0.15, 0.2) is 0 Å². The number of nitriles is 1. The summed E-state index contributed by atoms with van der Waals surface area (Å²) in [5, 5.41) is 8.69. The lowest BCUT2D eigenvalue weighted by Gasteiger charge is -2.04. The molecular formula is C10H15NO. The Bertz CT molecular complexity index is 200. The van der Waals surface area contributed by atoms with Crippen LogP contribution < -0.4 is 0 Å². The van der Waals surface area contributed by atoms with Crippen molar-refractivity contribution in [1.29, 1.82) is 5.26 Å². The van der Waals surface area contributed by atoms with Crippen molar-refractivity contribution < 1.29 is 4.79 Å². The largest absolute Gasteiger partial charge is 0.298 e. The summed E-state index contributed by atoms with van der Waals surface area (Å²) in [6, 6.07) is 2.09. The van der Waals surface area contributed by atoms with E-state index in [0.717, 1.165) is 12.8 Å². The lowest BCUT2D eigenvalue weighted by molar-refractivity contribution is -0.121. The Balaban J connectivity index is 2.31. The average Bonchev–Trinajstić information content (AvgIpc) is 2.83. The second kappa shape index (κ2) is 4.25. The van der Waals surface area contributed by atoms with E-state index in [-0.39, 0.29) is 11.7 Å². The van der Waals surface area contributed by atoms with Gasteiger partial charge in [0.25, 0.3) is 0 Å². The fourth-order valence-electron chi connectivity index (χ4n) is 1.33. The van der Waals surface area contributed by atoms with Crippen molar-refractivity contribution in [2.24, 2.45) is 11.8 Å². The van der Waals surface area contributed by atoms with Gasteiger partial charge >= 0.3 is 0 Å². The van der Waals surface area contributed by atoms with Gasteiger partial charge in [0.2, 0.25) is 0 Å². The molecule has 0 bridgehead atoms. The molecule has 66 valence electrons. The number of carbonyl (C=O) groups is 1. The predicted molar refractivity (Wildman–Crippen MR) is 46.4 cm³/mol. The molecule has 1 aliphatic rings. The predicted octanol–water partition coefficient (Wildman–Crippen LogP) is 2.30. The molecule has 2 heteroatoms. The SMILES string of the molecule is CCCC(C#N)C(=O)CC1CC1. The summed E-state index contributed by atoms with van der Waals surface area (Å²) in [5.41, 5.74) is 0. The van der Waals surface area contributed by atoms with Gasteiger partial charge in [-0.2, -0.15) is 5.26 Å². The lowest BCUT2D eigenvalue weighted by atomic mass is 9.97. The smallest absolute Gasteiger partial charge is 0.150 e. The minimum Gasteiger partial charge on any atom is -0.298 e. The Morgan fingerprint density at radius 2 is 2.33 bits per heavy atom. The lowest BCUT2D eigenvalue weighted by Crippen LogP contribution is -2.12. The summed E-state index contributed by atoms with van der Waals surface area (Å²) in [7, 11) is 0. The van der Waals surface area contributed by atoms with E-state index in [4.69, 9.17) is 5.26 Å². The zero-order valence-corrected chi connectivity index (χ0v) is 7.55. The molecule has 12 heavy (non-hydrogen) atoms. The van der Waals surface area contributed by atoms with Gasteiger partial charge < -0.3 is 0 Å². The Hall–Kier alpha value is -0.840. The molecule has 0 saturated heterocycles. The van der Waals surface area contributed by atoms with Crippen molar-refractivity contribution in [3.63, 3.8) is 0 Å². The first-order valence-electron chi connectivity index (χ1n) is 4.70. The monoisotopic (exact) mass is 165 g/mol. The molecule has 1 saturated carbocycles. The van der Waals surface area contributed by atoms with Gasteiger partial charge in [-0.05, 0) is 25.2 Å². The van der Waals surface area contributed by atoms with Gasteiger partial charge in [0, 0.05) is 6.42 Å². The van der Waals surface area contributed by atoms with Crippen molar-refractivity contribution in [2.75, 3.05) is 0 Å². The van der Waals surface area contributed by atoms with Crippen molar-refractivity contribution in [3.05, 3.63) is 0 Å². The molecule has 0 amide bonds. The summed E-state index contributed by atoms with van der Waals surface area (Å²) in [5.74, 6) is 0.461. The summed E-state index contributed by atoms with van der Waals surface area (Å²) in [6.45, 7) is 2.01. The highest BCUT2D eigenvalue weighted by atomic mass is 16.1. The van der Waals surface area contributed by atoms with Gasteiger partial charge in [-0.1, -0.05) is 13.3 Å². The Morgan fingerprint density at radius 3 is 2.75 bits per heavy atom. The zero-order valence-electron chi connectivity index (χ0n) is 7.55. The molecule has 0 aliphatic heterocycles. The van der Waals surface area contributed by atoms with E-state index in [2.05, 4.69) is 6.07 Å². The Morgan fingerprint density at radius 1 is 1.67 bits per heavy atom. The van der Waals surface area contributed by atoms with Gasteiger partial charge in [0.05, 0.1) is 6.07 Å². The highest BCUT2D eigenvalue weighted by molar-refractivity contribution is 5.83. The third-order valence-corrected chi connectivity index (χ3v) is 2.31. The third kappa shape index (κ3) is 2.65. The van der Waals surface area contributed by atoms with E-state index in [9.17, 15) is 4.79 Å². The Labute approximate surface area is 73.6 Å². The van der Waals surface area contributed by atoms with Crippen LogP contribution >= 0.6 is 0 Å². The van der Waals surface area contributed by atoms with Crippen LogP contribution in [-0.4, -0.2) is 5.78 Å². The second-order valence-corrected chi connectivity index (χ2v) is 3.58. The highest BCUT2D eigenvalue weighted by Gasteiger charge is 2.27. The molecule has 0 aromatic carbocycles. The molecular weight excluding hydrogens is 150 g/mol. The van der Waals surface area contributed by atoms with Gasteiger partial charge in [-0.25, -0.2) is 0 Å². The van der Waals surface area contributed by atoms with Crippen LogP contribution in [0.4, 0.5) is 0 Å². The molecule has 1 atom stereocenters. The average molecular weight is 165 g/mol. The minimum absolute atomic E-state index is 0.168. The van der Waals surface area contributed by atoms with E-state index in [1.807, 2.05) is 6.92 Å². The molecule has 0 N–H and O–H groups in total. The van der Waals surface area contributed by atoms with Gasteiger partial charge in [-0.3, -0.25) is 4.79 Å². The van der Waals surface area contributed by atoms with E-state index >= 15 is 0 Å². The standard InChI is InChI=1S/C10H15NO/c1-2-3-9(7-11)10(12)6-8-4-5-8/h8-9H,2-6H2,1H3. The van der Waals surface area contributed by atoms with Crippen LogP contribution in [0.25, 0.3) is 0 Å². The molecule has 0 aromatic rings. The summed E-state index contributed by atoms with van der Waals surface area (Å²) < 4.78 is 0. The molecule has 0 radical (unpaired) electrons. The van der Waals surface area contributed by atoms with Crippen LogP contribution in [0.3, 0.4) is 0 Å². The van der Waals surface area contributed by atoms with Crippen LogP contribution in [0, 0.1) is 23.2 Å². The third-order valence-electron chi connectivity index (χ3n) is 2.31. The van der Waals surface area contributed by atoms with Gasteiger partial charge in [0.1, 0.15) is 11.7 Å². The normalized spacial score (nSPS) is 18.3. The molecule has 1 rings (SSSR count). The molecule has 1 fully saturated rings. The number of Topliss-reactive ketones (excluding diaryl/α,β-unsaturated/α-hetero) is 1. The van der Waals surface area contributed by atoms with E-state index in [1.165, 1.54) is 12.8 Å². The summed E-state index contributed by atoms with van der Waals surface area (Å²) in [6.07, 6.45) is 4.70. The maximum Gasteiger partial charge on any atom is 0.150 e. The molecule has 0 heterocycles. The van der Waals surface area contributed by atoms with Gasteiger partial charge in [0.15, 0.2) is 0 Å². The first-order valence-corrected chi connectivity index (χ1v) is 4.70. The fraction of sp³-hybridized carbons (Fsp3) is 0.800. The summed E-state index contributed by atoms with van der Waals surface area (Å²) >= 11 is 0. The maximum atomic E-state index is 11.4. The van der Waals surface area contributed by atoms with Crippen LogP contribution in [-0.2, 0) is 4.79 Å². The second-order valence-electron chi connectivity index (χ2n) is 3.58. The van der Waals surface area contributed by atoms with Crippen LogP contribution in [0.1, 0.15) is 39.0 Å². The zero-order chi connectivity index (χ0) is 8.97. The first kappa shape index (κ1) is 9.25. The van der Waals surface area contributed by atoms with E-state index in [1.54, 1.807) is 0 Å². The molecule has 0 spiro atoms. The minimum atomic E-state index is -0.324. The van der Waals surface area contributed by atoms with Crippen LogP contribution in [0.2, 0.25) is 0 Å². The van der Waals surface area contributed by atoms with Gasteiger partial charge in [-0.15, -0.1) is 0 Å². The number of rotatable bonds is 5.